The molecule has 25 heavy (non-hydrogen) atoms. The second-order valence-corrected chi connectivity index (χ2v) is 6.18. The SMILES string of the molecule is COC(=O)c1cc(NC(=O)COc2cc(C)c(Cl)c(C)c2)ccc1Cl. The summed E-state index contributed by atoms with van der Waals surface area (Å²) in [4.78, 5) is 23.7. The average Bonchev–Trinajstić information content (AvgIpc) is 2.58. The van der Waals surface area contributed by atoms with Crippen molar-refractivity contribution in [2.45, 2.75) is 13.8 Å². The van der Waals surface area contributed by atoms with E-state index in [1.807, 2.05) is 13.8 Å². The second-order valence-electron chi connectivity index (χ2n) is 5.39. The predicted octanol–water partition coefficient (Wildman–Crippen LogP) is 4.41. The first kappa shape index (κ1) is 19.1. The van der Waals surface area contributed by atoms with Gasteiger partial charge < -0.3 is 14.8 Å². The quantitative estimate of drug-likeness (QED) is 0.778. The number of nitrogens with one attached hydrogen (secondary N) is 1. The second kappa shape index (κ2) is 8.23. The standard InChI is InChI=1S/C18H17Cl2NO4/c1-10-6-13(7-11(2)17(10)20)25-9-16(22)21-12-4-5-15(19)14(8-12)18(23)24-3/h4-8H,9H2,1-3H3,(H,21,22). The molecule has 0 aliphatic carbocycles. The van der Waals surface area contributed by atoms with Gasteiger partial charge in [0.2, 0.25) is 0 Å². The molecule has 0 saturated heterocycles. The number of carbonyl (C=O) groups excluding carboxylic acids is 2. The summed E-state index contributed by atoms with van der Waals surface area (Å²) in [7, 11) is 1.26. The van der Waals surface area contributed by atoms with Gasteiger partial charge in [0.05, 0.1) is 17.7 Å². The molecule has 5 nitrogen and oxygen atoms in total. The normalized spacial score (nSPS) is 10.3. The van der Waals surface area contributed by atoms with Crippen molar-refractivity contribution >= 4 is 40.8 Å². The van der Waals surface area contributed by atoms with Crippen molar-refractivity contribution in [2.24, 2.45) is 0 Å². The van der Waals surface area contributed by atoms with Crippen molar-refractivity contribution in [2.75, 3.05) is 19.0 Å². The number of esters is 1. The number of carbonyl (C=O) groups is 2. The minimum Gasteiger partial charge on any atom is -0.484 e. The van der Waals surface area contributed by atoms with Gasteiger partial charge in [-0.2, -0.15) is 0 Å². The highest BCUT2D eigenvalue weighted by Crippen LogP contribution is 2.26. The molecule has 2 aromatic carbocycles. The Morgan fingerprint density at radius 2 is 1.72 bits per heavy atom. The van der Waals surface area contributed by atoms with Crippen molar-refractivity contribution < 1.29 is 19.1 Å². The van der Waals surface area contributed by atoms with E-state index in [1.165, 1.54) is 19.2 Å². The summed E-state index contributed by atoms with van der Waals surface area (Å²) < 4.78 is 10.1. The molecule has 2 aromatic rings. The number of halogens is 2. The van der Waals surface area contributed by atoms with Crippen LogP contribution in [0.25, 0.3) is 0 Å². The minimum atomic E-state index is -0.579. The molecule has 1 N–H and O–H groups in total. The zero-order chi connectivity index (χ0) is 18.6. The molecule has 7 heteroatoms. The molecule has 0 bridgehead atoms. The van der Waals surface area contributed by atoms with Crippen LogP contribution in [0.1, 0.15) is 21.5 Å². The molecule has 0 saturated carbocycles. The van der Waals surface area contributed by atoms with E-state index in [-0.39, 0.29) is 23.1 Å². The Hall–Kier alpha value is -2.24. The fourth-order valence-electron chi connectivity index (χ4n) is 2.20. The maximum absolute atomic E-state index is 12.0. The lowest BCUT2D eigenvalue weighted by molar-refractivity contribution is -0.118. The van der Waals surface area contributed by atoms with E-state index >= 15 is 0 Å². The molecule has 0 fully saturated rings. The molecule has 0 aliphatic heterocycles. The number of anilines is 1. The summed E-state index contributed by atoms with van der Waals surface area (Å²) >= 11 is 12.0. The van der Waals surface area contributed by atoms with Crippen LogP contribution in [0.5, 0.6) is 5.75 Å². The van der Waals surface area contributed by atoms with E-state index in [4.69, 9.17) is 27.9 Å². The molecule has 1 amide bonds. The topological polar surface area (TPSA) is 64.6 Å². The minimum absolute atomic E-state index is 0.173. The third kappa shape index (κ3) is 4.87. The van der Waals surface area contributed by atoms with Gasteiger partial charge in [-0.3, -0.25) is 4.79 Å². The number of methoxy groups -OCH3 is 1. The van der Waals surface area contributed by atoms with E-state index in [9.17, 15) is 9.59 Å². The lowest BCUT2D eigenvalue weighted by atomic mass is 10.1. The summed E-state index contributed by atoms with van der Waals surface area (Å²) in [5.41, 5.74) is 2.34. The number of benzene rings is 2. The van der Waals surface area contributed by atoms with Crippen molar-refractivity contribution in [1.82, 2.24) is 0 Å². The Balaban J connectivity index is 2.02. The van der Waals surface area contributed by atoms with Crippen LogP contribution in [-0.4, -0.2) is 25.6 Å². The number of hydrogen-bond acceptors (Lipinski definition) is 4. The molecular formula is C18H17Cl2NO4. The molecule has 132 valence electrons. The molecule has 0 unspecified atom stereocenters. The van der Waals surface area contributed by atoms with Gasteiger partial charge in [-0.1, -0.05) is 23.2 Å². The number of amides is 1. The van der Waals surface area contributed by atoms with Gasteiger partial charge in [0.1, 0.15) is 5.75 Å². The summed E-state index contributed by atoms with van der Waals surface area (Å²) in [6.07, 6.45) is 0. The van der Waals surface area contributed by atoms with E-state index in [0.717, 1.165) is 11.1 Å². The monoisotopic (exact) mass is 381 g/mol. The number of ether oxygens (including phenoxy) is 2. The first-order valence-corrected chi connectivity index (χ1v) is 8.14. The Labute approximate surface area is 155 Å². The maximum atomic E-state index is 12.0. The van der Waals surface area contributed by atoms with Gasteiger partial charge in [0.15, 0.2) is 6.61 Å². The van der Waals surface area contributed by atoms with E-state index in [2.05, 4.69) is 10.1 Å². The van der Waals surface area contributed by atoms with Gasteiger partial charge in [-0.25, -0.2) is 4.79 Å². The largest absolute Gasteiger partial charge is 0.484 e. The van der Waals surface area contributed by atoms with Crippen molar-refractivity contribution in [1.29, 1.82) is 0 Å². The van der Waals surface area contributed by atoms with Crippen LogP contribution >= 0.6 is 23.2 Å². The Morgan fingerprint density at radius 1 is 1.08 bits per heavy atom. The van der Waals surface area contributed by atoms with Crippen LogP contribution in [0, 0.1) is 13.8 Å². The van der Waals surface area contributed by atoms with Crippen LogP contribution in [0.2, 0.25) is 10.0 Å². The molecule has 0 aromatic heterocycles. The van der Waals surface area contributed by atoms with Crippen LogP contribution in [0.15, 0.2) is 30.3 Å². The van der Waals surface area contributed by atoms with Crippen molar-refractivity contribution in [3.05, 3.63) is 57.1 Å². The summed E-state index contributed by atoms with van der Waals surface area (Å²) in [6, 6.07) is 8.07. The highest BCUT2D eigenvalue weighted by molar-refractivity contribution is 6.33. The lowest BCUT2D eigenvalue weighted by Gasteiger charge is -2.11. The fourth-order valence-corrected chi connectivity index (χ4v) is 2.51. The Kier molecular flexibility index (Phi) is 6.28. The average molecular weight is 382 g/mol. The van der Waals surface area contributed by atoms with Crippen LogP contribution < -0.4 is 10.1 Å². The van der Waals surface area contributed by atoms with Crippen LogP contribution in [-0.2, 0) is 9.53 Å². The predicted molar refractivity (Wildman–Crippen MR) is 97.8 cm³/mol. The first-order valence-electron chi connectivity index (χ1n) is 7.39. The summed E-state index contributed by atoms with van der Waals surface area (Å²) in [5, 5.41) is 3.56. The lowest BCUT2D eigenvalue weighted by Crippen LogP contribution is -2.20. The Bertz CT molecular complexity index is 798. The fraction of sp³-hybridized carbons (Fsp3) is 0.222. The zero-order valence-electron chi connectivity index (χ0n) is 14.0. The van der Waals surface area contributed by atoms with Gasteiger partial charge >= 0.3 is 5.97 Å². The maximum Gasteiger partial charge on any atom is 0.339 e. The van der Waals surface area contributed by atoms with Crippen molar-refractivity contribution in [3.8, 4) is 5.75 Å². The number of aryl methyl sites for hydroxylation is 2. The first-order chi connectivity index (χ1) is 11.8. The molecule has 2 rings (SSSR count). The molecule has 0 atom stereocenters. The highest BCUT2D eigenvalue weighted by atomic mass is 35.5. The van der Waals surface area contributed by atoms with Gasteiger partial charge in [-0.15, -0.1) is 0 Å². The number of rotatable bonds is 5. The van der Waals surface area contributed by atoms with E-state index < -0.39 is 5.97 Å². The molecule has 0 aliphatic rings. The van der Waals surface area contributed by atoms with Gasteiger partial charge in [0.25, 0.3) is 5.91 Å². The van der Waals surface area contributed by atoms with Gasteiger partial charge in [-0.05, 0) is 55.3 Å². The van der Waals surface area contributed by atoms with E-state index in [0.29, 0.717) is 16.5 Å². The molecule has 0 heterocycles. The zero-order valence-corrected chi connectivity index (χ0v) is 15.5. The third-order valence-electron chi connectivity index (χ3n) is 3.44. The van der Waals surface area contributed by atoms with Gasteiger partial charge in [0, 0.05) is 10.7 Å². The third-order valence-corrected chi connectivity index (χ3v) is 4.36. The summed E-state index contributed by atoms with van der Waals surface area (Å²) in [5.74, 6) is -0.395. The van der Waals surface area contributed by atoms with Crippen LogP contribution in [0.3, 0.4) is 0 Å². The summed E-state index contributed by atoms with van der Waals surface area (Å²) in [6.45, 7) is 3.55. The van der Waals surface area contributed by atoms with E-state index in [1.54, 1.807) is 18.2 Å². The van der Waals surface area contributed by atoms with Crippen LogP contribution in [0.4, 0.5) is 5.69 Å². The smallest absolute Gasteiger partial charge is 0.339 e. The molecule has 0 spiro atoms. The molecule has 0 radical (unpaired) electrons. The number of hydrogen-bond donors (Lipinski definition) is 1. The highest BCUT2D eigenvalue weighted by Gasteiger charge is 2.13. The Morgan fingerprint density at radius 3 is 2.32 bits per heavy atom. The molecular weight excluding hydrogens is 365 g/mol. The van der Waals surface area contributed by atoms with Crippen molar-refractivity contribution in [3.63, 3.8) is 0 Å².